The number of thiophene rings is 1. The predicted octanol–water partition coefficient (Wildman–Crippen LogP) is 3.89. The Hall–Kier alpha value is -2.45. The van der Waals surface area contributed by atoms with Crippen molar-refractivity contribution in [3.63, 3.8) is 0 Å². The molecule has 0 saturated heterocycles. The molecule has 144 valence electrons. The van der Waals surface area contributed by atoms with Gasteiger partial charge in [0.25, 0.3) is 5.91 Å². The zero-order valence-electron chi connectivity index (χ0n) is 15.1. The molecule has 0 aromatic carbocycles. The highest BCUT2D eigenvalue weighted by atomic mass is 35.5. The van der Waals surface area contributed by atoms with Crippen LogP contribution in [0.2, 0.25) is 5.15 Å². The second kappa shape index (κ2) is 9.48. The van der Waals surface area contributed by atoms with Crippen LogP contribution >= 0.6 is 22.9 Å². The van der Waals surface area contributed by atoms with Gasteiger partial charge in [-0.05, 0) is 31.0 Å². The summed E-state index contributed by atoms with van der Waals surface area (Å²) in [6, 6.07) is 4.60. The summed E-state index contributed by atoms with van der Waals surface area (Å²) in [6.45, 7) is 5.39. The van der Waals surface area contributed by atoms with Gasteiger partial charge in [-0.25, -0.2) is 14.6 Å². The van der Waals surface area contributed by atoms with Crippen LogP contribution in [0.1, 0.15) is 52.3 Å². The summed E-state index contributed by atoms with van der Waals surface area (Å²) < 4.78 is 9.98. The lowest BCUT2D eigenvalue weighted by atomic mass is 10.1. The zero-order valence-corrected chi connectivity index (χ0v) is 16.6. The number of carbonyl (C=O) groups excluding carboxylic acids is 3. The fourth-order valence-electron chi connectivity index (χ4n) is 2.02. The van der Waals surface area contributed by atoms with E-state index in [1.807, 2.05) is 13.8 Å². The average Bonchev–Trinajstić information content (AvgIpc) is 3.04. The summed E-state index contributed by atoms with van der Waals surface area (Å²) >= 11 is 6.94. The molecule has 0 bridgehead atoms. The summed E-state index contributed by atoms with van der Waals surface area (Å²) in [5, 5.41) is 3.22. The second-order valence-electron chi connectivity index (χ2n) is 5.76. The Morgan fingerprint density at radius 2 is 1.96 bits per heavy atom. The number of nitrogens with zero attached hydrogens (tertiary/aromatic N) is 1. The number of amides is 1. The van der Waals surface area contributed by atoms with Gasteiger partial charge in [-0.3, -0.25) is 4.79 Å². The maximum atomic E-state index is 12.1. The second-order valence-corrected chi connectivity index (χ2v) is 7.23. The number of ether oxygens (including phenoxy) is 2. The number of nitrogens with one attached hydrogen (secondary N) is 1. The maximum absolute atomic E-state index is 12.1. The van der Waals surface area contributed by atoms with Crippen LogP contribution in [0.4, 0.5) is 5.00 Å². The molecular weight excluding hydrogens is 392 g/mol. The highest BCUT2D eigenvalue weighted by Crippen LogP contribution is 2.33. The minimum Gasteiger partial charge on any atom is -0.462 e. The lowest BCUT2D eigenvalue weighted by Crippen LogP contribution is -2.21. The molecule has 27 heavy (non-hydrogen) atoms. The lowest BCUT2D eigenvalue weighted by molar-refractivity contribution is -0.119. The molecule has 2 heterocycles. The van der Waals surface area contributed by atoms with Crippen molar-refractivity contribution in [1.82, 2.24) is 4.98 Å². The number of hydrogen-bond donors (Lipinski definition) is 1. The first-order valence-electron chi connectivity index (χ1n) is 8.21. The zero-order chi connectivity index (χ0) is 20.0. The standard InChI is InChI=1S/C18H19ClN2O5S/c1-4-25-18(24)12-7-13(10(2)3)27-16(12)21-15(22)9-26-17(23)11-5-6-14(19)20-8-11/h5-8,10H,4,9H2,1-3H3,(H,21,22). The van der Waals surface area contributed by atoms with E-state index in [0.717, 1.165) is 4.88 Å². The van der Waals surface area contributed by atoms with E-state index in [1.165, 1.54) is 29.7 Å². The Labute approximate surface area is 165 Å². The Bertz CT molecular complexity index is 833. The Morgan fingerprint density at radius 1 is 1.22 bits per heavy atom. The van der Waals surface area contributed by atoms with Crippen LogP contribution in [0, 0.1) is 0 Å². The van der Waals surface area contributed by atoms with Crippen molar-refractivity contribution in [3.8, 4) is 0 Å². The summed E-state index contributed by atoms with van der Waals surface area (Å²) in [5.41, 5.74) is 0.463. The molecule has 0 radical (unpaired) electrons. The number of esters is 2. The number of rotatable bonds is 7. The molecular formula is C18H19ClN2O5S. The third-order valence-electron chi connectivity index (χ3n) is 3.37. The van der Waals surface area contributed by atoms with Crippen LogP contribution in [-0.4, -0.2) is 36.0 Å². The van der Waals surface area contributed by atoms with E-state index < -0.39 is 24.5 Å². The van der Waals surface area contributed by atoms with Crippen molar-refractivity contribution in [2.75, 3.05) is 18.5 Å². The van der Waals surface area contributed by atoms with Gasteiger partial charge in [0.2, 0.25) is 0 Å². The normalized spacial score (nSPS) is 10.6. The molecule has 0 aliphatic rings. The maximum Gasteiger partial charge on any atom is 0.341 e. The molecule has 9 heteroatoms. The quantitative estimate of drug-likeness (QED) is 0.549. The molecule has 7 nitrogen and oxygen atoms in total. The van der Waals surface area contributed by atoms with Gasteiger partial charge in [-0.15, -0.1) is 11.3 Å². The average molecular weight is 411 g/mol. The minimum absolute atomic E-state index is 0.178. The fourth-order valence-corrected chi connectivity index (χ4v) is 3.20. The molecule has 1 N–H and O–H groups in total. The van der Waals surface area contributed by atoms with Gasteiger partial charge in [0.15, 0.2) is 6.61 Å². The van der Waals surface area contributed by atoms with Crippen molar-refractivity contribution in [2.45, 2.75) is 26.7 Å². The summed E-state index contributed by atoms with van der Waals surface area (Å²) in [7, 11) is 0. The first kappa shape index (κ1) is 20.9. The molecule has 2 aromatic heterocycles. The monoisotopic (exact) mass is 410 g/mol. The van der Waals surface area contributed by atoms with E-state index in [-0.39, 0.29) is 28.8 Å². The third-order valence-corrected chi connectivity index (χ3v) is 4.94. The van der Waals surface area contributed by atoms with E-state index in [2.05, 4.69) is 10.3 Å². The van der Waals surface area contributed by atoms with E-state index in [9.17, 15) is 14.4 Å². The molecule has 2 rings (SSSR count). The Kier molecular flexibility index (Phi) is 7.32. The van der Waals surface area contributed by atoms with Crippen LogP contribution in [-0.2, 0) is 14.3 Å². The van der Waals surface area contributed by atoms with Crippen molar-refractivity contribution >= 4 is 45.8 Å². The third kappa shape index (κ3) is 5.77. The smallest absolute Gasteiger partial charge is 0.341 e. The van der Waals surface area contributed by atoms with Crippen molar-refractivity contribution in [2.24, 2.45) is 0 Å². The summed E-state index contributed by atoms with van der Waals surface area (Å²) in [5.74, 6) is -1.59. The highest BCUT2D eigenvalue weighted by molar-refractivity contribution is 7.16. The highest BCUT2D eigenvalue weighted by Gasteiger charge is 2.21. The largest absolute Gasteiger partial charge is 0.462 e. The molecule has 1 amide bonds. The number of carbonyl (C=O) groups is 3. The van der Waals surface area contributed by atoms with Gasteiger partial charge in [0.1, 0.15) is 10.2 Å². The Balaban J connectivity index is 2.03. The first-order chi connectivity index (χ1) is 12.8. The molecule has 0 saturated carbocycles. The Morgan fingerprint density at radius 3 is 2.56 bits per heavy atom. The number of pyridine rings is 1. The molecule has 0 unspecified atom stereocenters. The molecule has 0 aliphatic heterocycles. The van der Waals surface area contributed by atoms with Gasteiger partial charge in [-0.2, -0.15) is 0 Å². The molecule has 0 spiro atoms. The molecule has 0 fully saturated rings. The number of halogens is 1. The lowest BCUT2D eigenvalue weighted by Gasteiger charge is -2.07. The predicted molar refractivity (Wildman–Crippen MR) is 103 cm³/mol. The summed E-state index contributed by atoms with van der Waals surface area (Å²) in [6.07, 6.45) is 1.26. The van der Waals surface area contributed by atoms with Crippen LogP contribution < -0.4 is 5.32 Å². The van der Waals surface area contributed by atoms with E-state index >= 15 is 0 Å². The van der Waals surface area contributed by atoms with Gasteiger partial charge in [-0.1, -0.05) is 25.4 Å². The van der Waals surface area contributed by atoms with E-state index in [4.69, 9.17) is 21.1 Å². The van der Waals surface area contributed by atoms with Crippen LogP contribution in [0.3, 0.4) is 0 Å². The van der Waals surface area contributed by atoms with Crippen molar-refractivity contribution < 1.29 is 23.9 Å². The first-order valence-corrected chi connectivity index (χ1v) is 9.40. The topological polar surface area (TPSA) is 94.6 Å². The minimum atomic E-state index is -0.700. The molecule has 0 atom stereocenters. The van der Waals surface area contributed by atoms with E-state index in [0.29, 0.717) is 5.00 Å². The molecule has 2 aromatic rings. The number of hydrogen-bond acceptors (Lipinski definition) is 7. The molecule has 0 aliphatic carbocycles. The number of aromatic nitrogens is 1. The van der Waals surface area contributed by atoms with Crippen LogP contribution in [0.15, 0.2) is 24.4 Å². The van der Waals surface area contributed by atoms with Gasteiger partial charge in [0.05, 0.1) is 17.7 Å². The summed E-state index contributed by atoms with van der Waals surface area (Å²) in [4.78, 5) is 40.9. The fraction of sp³-hybridized carbons (Fsp3) is 0.333. The van der Waals surface area contributed by atoms with Crippen LogP contribution in [0.25, 0.3) is 0 Å². The number of anilines is 1. The van der Waals surface area contributed by atoms with Gasteiger partial charge < -0.3 is 14.8 Å². The van der Waals surface area contributed by atoms with Gasteiger partial charge >= 0.3 is 11.9 Å². The van der Waals surface area contributed by atoms with Crippen molar-refractivity contribution in [1.29, 1.82) is 0 Å². The SMILES string of the molecule is CCOC(=O)c1cc(C(C)C)sc1NC(=O)COC(=O)c1ccc(Cl)nc1. The van der Waals surface area contributed by atoms with E-state index in [1.54, 1.807) is 13.0 Å². The van der Waals surface area contributed by atoms with Crippen LogP contribution in [0.5, 0.6) is 0 Å². The van der Waals surface area contributed by atoms with Crippen molar-refractivity contribution in [3.05, 3.63) is 45.6 Å². The van der Waals surface area contributed by atoms with Gasteiger partial charge in [0, 0.05) is 11.1 Å².